The van der Waals surface area contributed by atoms with Gasteiger partial charge in [0.2, 0.25) is 0 Å². The van der Waals surface area contributed by atoms with Crippen molar-refractivity contribution in [3.8, 4) is 0 Å². The summed E-state index contributed by atoms with van der Waals surface area (Å²) in [6.45, 7) is 0.687. The zero-order chi connectivity index (χ0) is 12.5. The molecule has 0 amide bonds. The second kappa shape index (κ2) is 5.69. The lowest BCUT2D eigenvalue weighted by Crippen LogP contribution is -2.33. The summed E-state index contributed by atoms with van der Waals surface area (Å²) >= 11 is 0. The highest BCUT2D eigenvalue weighted by Gasteiger charge is 2.29. The zero-order valence-electron chi connectivity index (χ0n) is 9.83. The van der Waals surface area contributed by atoms with E-state index in [4.69, 9.17) is 5.73 Å². The zero-order valence-corrected chi connectivity index (χ0v) is 10.7. The van der Waals surface area contributed by atoms with Gasteiger partial charge in [-0.2, -0.15) is 13.2 Å². The van der Waals surface area contributed by atoms with Gasteiger partial charge >= 0.3 is 6.18 Å². The molecule has 2 nitrogen and oxygen atoms in total. The molecule has 0 saturated carbocycles. The Morgan fingerprint density at radius 2 is 2.00 bits per heavy atom. The number of alkyl halides is 3. The molecule has 0 saturated heterocycles. The molecule has 0 atom stereocenters. The van der Waals surface area contributed by atoms with Gasteiger partial charge in [-0.1, -0.05) is 6.07 Å². The molecule has 0 aromatic heterocycles. The highest BCUT2D eigenvalue weighted by Crippen LogP contribution is 2.32. The predicted octanol–water partition coefficient (Wildman–Crippen LogP) is 3.40. The van der Waals surface area contributed by atoms with E-state index in [-0.39, 0.29) is 19.0 Å². The minimum absolute atomic E-state index is 0. The molecule has 0 radical (unpaired) electrons. The maximum absolute atomic E-state index is 12.2. The van der Waals surface area contributed by atoms with Crippen molar-refractivity contribution in [3.63, 3.8) is 0 Å². The number of nitrogens with zero attached hydrogens (tertiary/aromatic N) is 1. The van der Waals surface area contributed by atoms with Crippen LogP contribution < -0.4 is 10.6 Å². The molecule has 1 aromatic rings. The van der Waals surface area contributed by atoms with Gasteiger partial charge in [-0.05, 0) is 30.5 Å². The summed E-state index contributed by atoms with van der Waals surface area (Å²) in [5.74, 6) is 0. The highest BCUT2D eigenvalue weighted by atomic mass is 35.5. The Hall–Kier alpha value is -1.10. The van der Waals surface area contributed by atoms with E-state index in [9.17, 15) is 13.2 Å². The number of benzene rings is 1. The van der Waals surface area contributed by atoms with Crippen LogP contribution in [0.3, 0.4) is 0 Å². The minimum Gasteiger partial charge on any atom is -0.398 e. The fraction of sp³-hybridized carbons (Fsp3) is 0.500. The first-order chi connectivity index (χ1) is 7.97. The minimum atomic E-state index is -4.10. The Balaban J connectivity index is 0.00000162. The molecule has 18 heavy (non-hydrogen) atoms. The molecule has 1 aromatic carbocycles. The lowest BCUT2D eigenvalue weighted by molar-refractivity contribution is -0.132. The molecule has 0 fully saturated rings. The smallest absolute Gasteiger partial charge is 0.390 e. The van der Waals surface area contributed by atoms with Crippen LogP contribution in [0.4, 0.5) is 24.5 Å². The molecule has 0 spiro atoms. The SMILES string of the molecule is Cl.Nc1cccc2c1CCCN2CCC(F)(F)F. The van der Waals surface area contributed by atoms with Gasteiger partial charge in [-0.25, -0.2) is 0 Å². The molecular weight excluding hydrogens is 265 g/mol. The quantitative estimate of drug-likeness (QED) is 0.842. The van der Waals surface area contributed by atoms with E-state index in [1.165, 1.54) is 0 Å². The van der Waals surface area contributed by atoms with Crippen LogP contribution in [-0.4, -0.2) is 19.3 Å². The van der Waals surface area contributed by atoms with E-state index < -0.39 is 12.6 Å². The summed E-state index contributed by atoms with van der Waals surface area (Å²) in [4.78, 5) is 1.78. The average Bonchev–Trinajstić information content (AvgIpc) is 2.26. The van der Waals surface area contributed by atoms with Crippen LogP contribution >= 0.6 is 12.4 Å². The number of nitrogen functional groups attached to an aromatic ring is 1. The van der Waals surface area contributed by atoms with Crippen LogP contribution in [0.25, 0.3) is 0 Å². The standard InChI is InChI=1S/C12H15F3N2.ClH/c13-12(14,15)6-8-17-7-2-3-9-10(16)4-1-5-11(9)17;/h1,4-5H,2-3,6-8,16H2;1H. The Morgan fingerprint density at radius 3 is 2.67 bits per heavy atom. The van der Waals surface area contributed by atoms with Gasteiger partial charge in [0.1, 0.15) is 0 Å². The van der Waals surface area contributed by atoms with Crippen LogP contribution in [-0.2, 0) is 6.42 Å². The number of nitrogens with two attached hydrogens (primary N) is 1. The van der Waals surface area contributed by atoms with Crippen molar-refractivity contribution in [2.75, 3.05) is 23.7 Å². The second-order valence-electron chi connectivity index (χ2n) is 4.30. The molecule has 102 valence electrons. The first-order valence-electron chi connectivity index (χ1n) is 5.66. The summed E-state index contributed by atoms with van der Waals surface area (Å²) in [5.41, 5.74) is 8.36. The van der Waals surface area contributed by atoms with Crippen LogP contribution in [0, 0.1) is 0 Å². The monoisotopic (exact) mass is 280 g/mol. The Morgan fingerprint density at radius 1 is 1.28 bits per heavy atom. The molecule has 1 aliphatic rings. The van der Waals surface area contributed by atoms with Crippen molar-refractivity contribution in [3.05, 3.63) is 23.8 Å². The number of hydrogen-bond donors (Lipinski definition) is 1. The largest absolute Gasteiger partial charge is 0.398 e. The summed E-state index contributed by atoms with van der Waals surface area (Å²) in [7, 11) is 0. The average molecular weight is 281 g/mol. The summed E-state index contributed by atoms with van der Waals surface area (Å²) in [5, 5.41) is 0. The van der Waals surface area contributed by atoms with E-state index in [1.54, 1.807) is 17.0 Å². The van der Waals surface area contributed by atoms with E-state index >= 15 is 0 Å². The van der Waals surface area contributed by atoms with Gasteiger partial charge in [0, 0.05) is 24.5 Å². The summed E-state index contributed by atoms with van der Waals surface area (Å²) in [6, 6.07) is 5.44. The fourth-order valence-corrected chi connectivity index (χ4v) is 2.22. The van der Waals surface area contributed by atoms with Gasteiger partial charge in [0.15, 0.2) is 0 Å². The lowest BCUT2D eigenvalue weighted by Gasteiger charge is -2.32. The van der Waals surface area contributed by atoms with Crippen molar-refractivity contribution in [1.82, 2.24) is 0 Å². The predicted molar refractivity (Wildman–Crippen MR) is 69.3 cm³/mol. The van der Waals surface area contributed by atoms with Crippen LogP contribution in [0.2, 0.25) is 0 Å². The van der Waals surface area contributed by atoms with Crippen molar-refractivity contribution in [1.29, 1.82) is 0 Å². The van der Waals surface area contributed by atoms with Crippen LogP contribution in [0.1, 0.15) is 18.4 Å². The molecule has 0 bridgehead atoms. The number of halogens is 4. The van der Waals surface area contributed by atoms with E-state index in [0.717, 1.165) is 24.1 Å². The highest BCUT2D eigenvalue weighted by molar-refractivity contribution is 5.85. The van der Waals surface area contributed by atoms with Crippen molar-refractivity contribution in [2.24, 2.45) is 0 Å². The Labute approximate surface area is 110 Å². The molecule has 1 heterocycles. The molecule has 2 N–H and O–H groups in total. The number of rotatable bonds is 2. The topological polar surface area (TPSA) is 29.3 Å². The first-order valence-corrected chi connectivity index (χ1v) is 5.66. The van der Waals surface area contributed by atoms with E-state index in [0.29, 0.717) is 12.2 Å². The molecule has 6 heteroatoms. The van der Waals surface area contributed by atoms with Crippen LogP contribution in [0.5, 0.6) is 0 Å². The van der Waals surface area contributed by atoms with E-state index in [1.807, 2.05) is 6.07 Å². The third kappa shape index (κ3) is 3.45. The van der Waals surface area contributed by atoms with Crippen molar-refractivity contribution < 1.29 is 13.2 Å². The Bertz CT molecular complexity index is 407. The maximum atomic E-state index is 12.2. The van der Waals surface area contributed by atoms with Crippen LogP contribution in [0.15, 0.2) is 18.2 Å². The molecule has 1 aliphatic heterocycles. The van der Waals surface area contributed by atoms with E-state index in [2.05, 4.69) is 0 Å². The van der Waals surface area contributed by atoms with Gasteiger partial charge < -0.3 is 10.6 Å². The first kappa shape index (κ1) is 15.0. The second-order valence-corrected chi connectivity index (χ2v) is 4.30. The lowest BCUT2D eigenvalue weighted by atomic mass is 10.00. The third-order valence-electron chi connectivity index (χ3n) is 3.05. The third-order valence-corrected chi connectivity index (χ3v) is 3.05. The van der Waals surface area contributed by atoms with Gasteiger partial charge in [0.05, 0.1) is 6.42 Å². The summed E-state index contributed by atoms with van der Waals surface area (Å²) in [6.07, 6.45) is -3.16. The van der Waals surface area contributed by atoms with Crippen molar-refractivity contribution in [2.45, 2.75) is 25.4 Å². The number of fused-ring (bicyclic) bond motifs is 1. The molecule has 0 aliphatic carbocycles. The normalized spacial score (nSPS) is 14.9. The van der Waals surface area contributed by atoms with Gasteiger partial charge in [-0.3, -0.25) is 0 Å². The number of hydrogen-bond acceptors (Lipinski definition) is 2. The number of anilines is 2. The van der Waals surface area contributed by atoms with Gasteiger partial charge in [0.25, 0.3) is 0 Å². The van der Waals surface area contributed by atoms with Gasteiger partial charge in [-0.15, -0.1) is 12.4 Å². The maximum Gasteiger partial charge on any atom is 0.390 e. The molecule has 0 unspecified atom stereocenters. The fourth-order valence-electron chi connectivity index (χ4n) is 2.22. The molecular formula is C12H16ClF3N2. The van der Waals surface area contributed by atoms with Crippen molar-refractivity contribution >= 4 is 23.8 Å². The Kier molecular flexibility index (Phi) is 4.73. The molecule has 2 rings (SSSR count). The summed E-state index contributed by atoms with van der Waals surface area (Å²) < 4.78 is 36.6.